The Kier molecular flexibility index (Phi) is 3.50. The standard InChI is InChI=1S/C12H22N2O2/c1-2-5-12(6-3-7-13-12)11(16)14-8-4-10(15)9-14/h10,13,15H,2-9H2,1H3/t10-,12?/m1/s1. The Morgan fingerprint density at radius 3 is 2.94 bits per heavy atom. The molecule has 16 heavy (non-hydrogen) atoms. The van der Waals surface area contributed by atoms with E-state index in [0.717, 1.165) is 38.6 Å². The fourth-order valence-electron chi connectivity index (χ4n) is 2.96. The molecule has 0 aromatic carbocycles. The van der Waals surface area contributed by atoms with Crippen LogP contribution in [0.15, 0.2) is 0 Å². The van der Waals surface area contributed by atoms with E-state index in [1.54, 1.807) is 0 Å². The number of aliphatic hydroxyl groups excluding tert-OH is 1. The van der Waals surface area contributed by atoms with Gasteiger partial charge in [0.15, 0.2) is 0 Å². The number of nitrogens with zero attached hydrogens (tertiary/aromatic N) is 1. The molecule has 0 aliphatic carbocycles. The van der Waals surface area contributed by atoms with E-state index in [1.165, 1.54) is 0 Å². The highest BCUT2D eigenvalue weighted by atomic mass is 16.3. The molecule has 4 nitrogen and oxygen atoms in total. The fraction of sp³-hybridized carbons (Fsp3) is 0.917. The van der Waals surface area contributed by atoms with Crippen molar-refractivity contribution < 1.29 is 9.90 Å². The van der Waals surface area contributed by atoms with Gasteiger partial charge in [-0.2, -0.15) is 0 Å². The summed E-state index contributed by atoms with van der Waals surface area (Å²) in [5.41, 5.74) is -0.321. The van der Waals surface area contributed by atoms with E-state index in [2.05, 4.69) is 12.2 Å². The molecular formula is C12H22N2O2. The normalized spacial score (nSPS) is 34.6. The number of carbonyl (C=O) groups is 1. The van der Waals surface area contributed by atoms with Crippen LogP contribution in [0.1, 0.15) is 39.0 Å². The van der Waals surface area contributed by atoms with Crippen molar-refractivity contribution in [3.05, 3.63) is 0 Å². The van der Waals surface area contributed by atoms with Gasteiger partial charge in [-0.25, -0.2) is 0 Å². The van der Waals surface area contributed by atoms with Crippen LogP contribution in [-0.2, 0) is 4.79 Å². The van der Waals surface area contributed by atoms with E-state index in [4.69, 9.17) is 0 Å². The summed E-state index contributed by atoms with van der Waals surface area (Å²) in [6.07, 6.45) is 4.39. The van der Waals surface area contributed by atoms with E-state index in [9.17, 15) is 9.90 Å². The van der Waals surface area contributed by atoms with Crippen molar-refractivity contribution in [3.63, 3.8) is 0 Å². The van der Waals surface area contributed by atoms with Crippen molar-refractivity contribution in [1.29, 1.82) is 0 Å². The Hall–Kier alpha value is -0.610. The molecule has 0 aromatic heterocycles. The Labute approximate surface area is 97.0 Å². The lowest BCUT2D eigenvalue weighted by molar-refractivity contribution is -0.137. The molecule has 2 rings (SSSR count). The van der Waals surface area contributed by atoms with Crippen molar-refractivity contribution in [2.75, 3.05) is 19.6 Å². The number of rotatable bonds is 3. The Morgan fingerprint density at radius 1 is 1.62 bits per heavy atom. The number of carbonyl (C=O) groups excluding carboxylic acids is 1. The number of aliphatic hydroxyl groups is 1. The summed E-state index contributed by atoms with van der Waals surface area (Å²) in [6, 6.07) is 0. The van der Waals surface area contributed by atoms with E-state index in [1.807, 2.05) is 4.90 Å². The molecule has 0 spiro atoms. The molecule has 0 bridgehead atoms. The molecule has 4 heteroatoms. The lowest BCUT2D eigenvalue weighted by Crippen LogP contribution is -2.54. The molecule has 2 fully saturated rings. The molecule has 92 valence electrons. The molecule has 2 aliphatic rings. The van der Waals surface area contributed by atoms with Crippen molar-refractivity contribution in [3.8, 4) is 0 Å². The van der Waals surface area contributed by atoms with Crippen LogP contribution >= 0.6 is 0 Å². The Balaban J connectivity index is 2.05. The van der Waals surface area contributed by atoms with Gasteiger partial charge in [0.2, 0.25) is 5.91 Å². The van der Waals surface area contributed by atoms with Gasteiger partial charge in [0.05, 0.1) is 11.6 Å². The summed E-state index contributed by atoms with van der Waals surface area (Å²) in [6.45, 7) is 4.30. The van der Waals surface area contributed by atoms with Crippen LogP contribution < -0.4 is 5.32 Å². The maximum Gasteiger partial charge on any atom is 0.242 e. The SMILES string of the molecule is CCCC1(C(=O)N2CC[C@@H](O)C2)CCCN1. The predicted molar refractivity (Wildman–Crippen MR) is 62.1 cm³/mol. The Bertz CT molecular complexity index is 262. The van der Waals surface area contributed by atoms with Gasteiger partial charge in [-0.05, 0) is 32.2 Å². The summed E-state index contributed by atoms with van der Waals surface area (Å²) in [7, 11) is 0. The summed E-state index contributed by atoms with van der Waals surface area (Å²) >= 11 is 0. The summed E-state index contributed by atoms with van der Waals surface area (Å²) in [4.78, 5) is 14.3. The van der Waals surface area contributed by atoms with E-state index in [0.29, 0.717) is 13.1 Å². The molecule has 2 heterocycles. The summed E-state index contributed by atoms with van der Waals surface area (Å²) < 4.78 is 0. The van der Waals surface area contributed by atoms with Gasteiger partial charge < -0.3 is 15.3 Å². The fourth-order valence-corrected chi connectivity index (χ4v) is 2.96. The van der Waals surface area contributed by atoms with Gasteiger partial charge >= 0.3 is 0 Å². The van der Waals surface area contributed by atoms with Gasteiger partial charge in [-0.1, -0.05) is 13.3 Å². The average molecular weight is 226 g/mol. The molecule has 0 aromatic rings. The zero-order chi connectivity index (χ0) is 11.6. The minimum Gasteiger partial charge on any atom is -0.391 e. The van der Waals surface area contributed by atoms with Crippen molar-refractivity contribution in [2.24, 2.45) is 0 Å². The molecule has 0 saturated carbocycles. The predicted octanol–water partition coefficient (Wildman–Crippen LogP) is 0.502. The second-order valence-corrected chi connectivity index (χ2v) is 5.06. The highest BCUT2D eigenvalue weighted by Gasteiger charge is 2.43. The van der Waals surface area contributed by atoms with Crippen LogP contribution in [0.4, 0.5) is 0 Å². The van der Waals surface area contributed by atoms with Crippen molar-refractivity contribution >= 4 is 5.91 Å². The first kappa shape index (κ1) is 11.9. The molecular weight excluding hydrogens is 204 g/mol. The quantitative estimate of drug-likeness (QED) is 0.737. The first-order valence-electron chi connectivity index (χ1n) is 6.40. The number of amides is 1. The third-order valence-electron chi connectivity index (χ3n) is 3.78. The molecule has 2 saturated heterocycles. The number of likely N-dealkylation sites (tertiary alicyclic amines) is 1. The van der Waals surface area contributed by atoms with Crippen LogP contribution in [0.2, 0.25) is 0 Å². The zero-order valence-electron chi connectivity index (χ0n) is 10.0. The lowest BCUT2D eigenvalue weighted by atomic mass is 9.90. The minimum absolute atomic E-state index is 0.211. The second kappa shape index (κ2) is 4.72. The number of β-amino-alcohol motifs (C(OH)–C–C–N with tert-alkyl or cyclic N) is 1. The van der Waals surface area contributed by atoms with Gasteiger partial charge in [0.25, 0.3) is 0 Å². The van der Waals surface area contributed by atoms with Crippen LogP contribution in [0.25, 0.3) is 0 Å². The minimum atomic E-state index is -0.321. The van der Waals surface area contributed by atoms with Gasteiger partial charge in [0.1, 0.15) is 0 Å². The smallest absolute Gasteiger partial charge is 0.242 e. The van der Waals surface area contributed by atoms with E-state index in [-0.39, 0.29) is 17.6 Å². The van der Waals surface area contributed by atoms with Gasteiger partial charge in [-0.15, -0.1) is 0 Å². The lowest BCUT2D eigenvalue weighted by Gasteiger charge is -2.32. The molecule has 2 N–H and O–H groups in total. The van der Waals surface area contributed by atoms with Gasteiger partial charge in [-0.3, -0.25) is 4.79 Å². The first-order chi connectivity index (χ1) is 7.68. The molecule has 2 atom stereocenters. The highest BCUT2D eigenvalue weighted by molar-refractivity contribution is 5.87. The molecule has 2 aliphatic heterocycles. The third-order valence-corrected chi connectivity index (χ3v) is 3.78. The van der Waals surface area contributed by atoms with Crippen LogP contribution in [0.5, 0.6) is 0 Å². The van der Waals surface area contributed by atoms with Crippen molar-refractivity contribution in [1.82, 2.24) is 10.2 Å². The zero-order valence-corrected chi connectivity index (χ0v) is 10.0. The average Bonchev–Trinajstić information content (AvgIpc) is 2.87. The molecule has 0 radical (unpaired) electrons. The summed E-state index contributed by atoms with van der Waals surface area (Å²) in [5.74, 6) is 0.211. The number of nitrogens with one attached hydrogen (secondary N) is 1. The summed E-state index contributed by atoms with van der Waals surface area (Å²) in [5, 5.41) is 12.9. The van der Waals surface area contributed by atoms with Crippen LogP contribution in [0, 0.1) is 0 Å². The molecule has 1 unspecified atom stereocenters. The Morgan fingerprint density at radius 2 is 2.44 bits per heavy atom. The molecule has 1 amide bonds. The van der Waals surface area contributed by atoms with Crippen LogP contribution in [0.3, 0.4) is 0 Å². The monoisotopic (exact) mass is 226 g/mol. The highest BCUT2D eigenvalue weighted by Crippen LogP contribution is 2.28. The van der Waals surface area contributed by atoms with Gasteiger partial charge in [0, 0.05) is 13.1 Å². The third kappa shape index (κ3) is 2.09. The number of hydrogen-bond acceptors (Lipinski definition) is 3. The van der Waals surface area contributed by atoms with E-state index >= 15 is 0 Å². The largest absolute Gasteiger partial charge is 0.391 e. The first-order valence-corrected chi connectivity index (χ1v) is 6.40. The second-order valence-electron chi connectivity index (χ2n) is 5.06. The maximum atomic E-state index is 12.5. The van der Waals surface area contributed by atoms with Crippen LogP contribution in [-0.4, -0.2) is 47.2 Å². The van der Waals surface area contributed by atoms with Crippen molar-refractivity contribution in [2.45, 2.75) is 50.7 Å². The van der Waals surface area contributed by atoms with E-state index < -0.39 is 0 Å². The topological polar surface area (TPSA) is 52.6 Å². The number of hydrogen-bond donors (Lipinski definition) is 2. The maximum absolute atomic E-state index is 12.5.